The molecule has 2 rings (SSSR count). The Morgan fingerprint density at radius 2 is 1.85 bits per heavy atom. The summed E-state index contributed by atoms with van der Waals surface area (Å²) in [7, 11) is 0. The maximum atomic E-state index is 5.97. The fourth-order valence-corrected chi connectivity index (χ4v) is 2.21. The smallest absolute Gasteiger partial charge is 0.193 e. The average Bonchev–Trinajstić information content (AvgIpc) is 2.60. The summed E-state index contributed by atoms with van der Waals surface area (Å²) < 4.78 is 11.2. The van der Waals surface area contributed by atoms with Crippen LogP contribution >= 0.6 is 24.0 Å². The second-order valence-corrected chi connectivity index (χ2v) is 6.01. The van der Waals surface area contributed by atoms with E-state index in [2.05, 4.69) is 17.2 Å². The molecule has 2 aromatic carbocycles. The molecule has 0 saturated carbocycles. The number of guanidine groups is 1. The molecule has 0 saturated heterocycles. The van der Waals surface area contributed by atoms with E-state index in [-0.39, 0.29) is 30.1 Å². The van der Waals surface area contributed by atoms with Gasteiger partial charge in [0, 0.05) is 5.69 Å². The van der Waals surface area contributed by atoms with E-state index in [0.29, 0.717) is 19.1 Å². The van der Waals surface area contributed by atoms with Crippen molar-refractivity contribution in [1.29, 1.82) is 0 Å². The number of nitrogens with one attached hydrogen (secondary N) is 1. The molecule has 0 atom stereocenters. The van der Waals surface area contributed by atoms with Crippen LogP contribution in [-0.2, 0) is 6.54 Å². The lowest BCUT2D eigenvalue weighted by atomic mass is 10.2. The van der Waals surface area contributed by atoms with Crippen molar-refractivity contribution in [3.8, 4) is 11.5 Å². The lowest BCUT2D eigenvalue weighted by Crippen LogP contribution is -2.22. The van der Waals surface area contributed by atoms with E-state index in [1.54, 1.807) is 0 Å². The van der Waals surface area contributed by atoms with Crippen molar-refractivity contribution in [2.75, 3.05) is 11.9 Å². The summed E-state index contributed by atoms with van der Waals surface area (Å²) in [6.07, 6.45) is 1.14. The Morgan fingerprint density at radius 1 is 1.12 bits per heavy atom. The molecule has 26 heavy (non-hydrogen) atoms. The molecule has 3 N–H and O–H groups in total. The van der Waals surface area contributed by atoms with Gasteiger partial charge in [-0.05, 0) is 62.2 Å². The lowest BCUT2D eigenvalue weighted by molar-refractivity contribution is 0.242. The number of nitrogens with zero attached hydrogens (tertiary/aromatic N) is 1. The first-order valence-electron chi connectivity index (χ1n) is 8.62. The Morgan fingerprint density at radius 3 is 2.50 bits per heavy atom. The van der Waals surface area contributed by atoms with Crippen molar-refractivity contribution < 1.29 is 9.47 Å². The lowest BCUT2D eigenvalue weighted by Gasteiger charge is -2.11. The van der Waals surface area contributed by atoms with Crippen molar-refractivity contribution in [3.05, 3.63) is 54.1 Å². The van der Waals surface area contributed by atoms with Gasteiger partial charge in [0.1, 0.15) is 11.5 Å². The Kier molecular flexibility index (Phi) is 9.87. The molecule has 6 heteroatoms. The summed E-state index contributed by atoms with van der Waals surface area (Å²) in [5.74, 6) is 2.07. The van der Waals surface area contributed by atoms with Crippen LogP contribution in [0.25, 0.3) is 0 Å². The largest absolute Gasteiger partial charge is 0.494 e. The van der Waals surface area contributed by atoms with Gasteiger partial charge in [-0.15, -0.1) is 24.0 Å². The van der Waals surface area contributed by atoms with Crippen LogP contribution in [0.5, 0.6) is 11.5 Å². The van der Waals surface area contributed by atoms with Gasteiger partial charge < -0.3 is 20.5 Å². The van der Waals surface area contributed by atoms with Crippen molar-refractivity contribution in [3.63, 3.8) is 0 Å². The van der Waals surface area contributed by atoms with Gasteiger partial charge in [0.25, 0.3) is 0 Å². The molecule has 0 aromatic heterocycles. The number of aliphatic imine (C=N–C) groups is 1. The maximum absolute atomic E-state index is 5.97. The Labute approximate surface area is 173 Å². The van der Waals surface area contributed by atoms with Gasteiger partial charge >= 0.3 is 0 Å². The fraction of sp³-hybridized carbons (Fsp3) is 0.350. The van der Waals surface area contributed by atoms with E-state index >= 15 is 0 Å². The molecule has 5 nitrogen and oxygen atoms in total. The molecule has 0 heterocycles. The van der Waals surface area contributed by atoms with Crippen molar-refractivity contribution in [1.82, 2.24) is 0 Å². The van der Waals surface area contributed by atoms with Crippen LogP contribution in [0, 0.1) is 0 Å². The molecule has 0 amide bonds. The Hall–Kier alpha value is -1.96. The number of hydrogen-bond donors (Lipinski definition) is 2. The van der Waals surface area contributed by atoms with Gasteiger partial charge in [-0.3, -0.25) is 0 Å². The number of nitrogens with two attached hydrogens (primary N) is 1. The summed E-state index contributed by atoms with van der Waals surface area (Å²) in [6, 6.07) is 15.6. The zero-order valence-corrected chi connectivity index (χ0v) is 17.9. The fourth-order valence-electron chi connectivity index (χ4n) is 2.21. The molecular weight excluding hydrogens is 441 g/mol. The van der Waals surface area contributed by atoms with Crippen molar-refractivity contribution in [2.24, 2.45) is 10.7 Å². The molecule has 0 unspecified atom stereocenters. The van der Waals surface area contributed by atoms with E-state index in [1.807, 2.05) is 62.4 Å². The molecular formula is C20H28IN3O2. The molecule has 0 aliphatic carbocycles. The van der Waals surface area contributed by atoms with Crippen LogP contribution in [-0.4, -0.2) is 18.7 Å². The highest BCUT2D eigenvalue weighted by atomic mass is 127. The molecule has 0 fully saturated rings. The third-order valence-corrected chi connectivity index (χ3v) is 3.30. The van der Waals surface area contributed by atoms with Gasteiger partial charge in [0.2, 0.25) is 0 Å². The van der Waals surface area contributed by atoms with E-state index in [9.17, 15) is 0 Å². The predicted octanol–water partition coefficient (Wildman–Crippen LogP) is 4.81. The molecule has 0 bridgehead atoms. The molecule has 0 aliphatic rings. The van der Waals surface area contributed by atoms with E-state index in [4.69, 9.17) is 15.2 Å². The quantitative estimate of drug-likeness (QED) is 0.331. The van der Waals surface area contributed by atoms with Crippen molar-refractivity contribution >= 4 is 35.6 Å². The summed E-state index contributed by atoms with van der Waals surface area (Å²) in [6.45, 7) is 7.30. The Balaban J connectivity index is 0.00000338. The zero-order valence-electron chi connectivity index (χ0n) is 15.6. The SMILES string of the molecule is CCCOc1cccc(CN=C(N)Nc2ccc(OC(C)C)cc2)c1.I. The second kappa shape index (κ2) is 11.6. The first kappa shape index (κ1) is 22.1. The molecule has 0 spiro atoms. The minimum Gasteiger partial charge on any atom is -0.494 e. The van der Waals surface area contributed by atoms with Crippen LogP contribution in [0.15, 0.2) is 53.5 Å². The van der Waals surface area contributed by atoms with E-state index in [0.717, 1.165) is 29.2 Å². The number of ether oxygens (including phenoxy) is 2. The van der Waals surface area contributed by atoms with Gasteiger partial charge in [-0.1, -0.05) is 19.1 Å². The van der Waals surface area contributed by atoms with Crippen LogP contribution in [0.3, 0.4) is 0 Å². The highest BCUT2D eigenvalue weighted by Crippen LogP contribution is 2.17. The molecule has 0 aliphatic heterocycles. The highest BCUT2D eigenvalue weighted by molar-refractivity contribution is 14.0. The van der Waals surface area contributed by atoms with Crippen LogP contribution in [0.4, 0.5) is 5.69 Å². The number of halogens is 1. The first-order valence-corrected chi connectivity index (χ1v) is 8.62. The summed E-state index contributed by atoms with van der Waals surface area (Å²) in [5, 5.41) is 3.08. The van der Waals surface area contributed by atoms with Crippen LogP contribution in [0.2, 0.25) is 0 Å². The van der Waals surface area contributed by atoms with E-state index < -0.39 is 0 Å². The minimum atomic E-state index is 0. The summed E-state index contributed by atoms with van der Waals surface area (Å²) >= 11 is 0. The topological polar surface area (TPSA) is 68.9 Å². The maximum Gasteiger partial charge on any atom is 0.193 e. The molecule has 2 aromatic rings. The monoisotopic (exact) mass is 469 g/mol. The van der Waals surface area contributed by atoms with Crippen LogP contribution < -0.4 is 20.5 Å². The van der Waals surface area contributed by atoms with Gasteiger partial charge in [-0.25, -0.2) is 4.99 Å². The third-order valence-electron chi connectivity index (χ3n) is 3.30. The number of anilines is 1. The summed E-state index contributed by atoms with van der Waals surface area (Å²) in [4.78, 5) is 4.38. The van der Waals surface area contributed by atoms with E-state index in [1.165, 1.54) is 0 Å². The van der Waals surface area contributed by atoms with Gasteiger partial charge in [-0.2, -0.15) is 0 Å². The van der Waals surface area contributed by atoms with Gasteiger partial charge in [0.15, 0.2) is 5.96 Å². The Bertz CT molecular complexity index is 688. The average molecular weight is 469 g/mol. The highest BCUT2D eigenvalue weighted by Gasteiger charge is 2.00. The first-order chi connectivity index (χ1) is 12.1. The third kappa shape index (κ3) is 7.95. The number of benzene rings is 2. The standard InChI is InChI=1S/C20H27N3O2.HI/c1-4-12-24-19-7-5-6-16(13-19)14-22-20(21)23-17-8-10-18(11-9-17)25-15(2)3;/h5-11,13,15H,4,12,14H2,1-3H3,(H3,21,22,23);1H. The summed E-state index contributed by atoms with van der Waals surface area (Å²) in [5.41, 5.74) is 7.89. The van der Waals surface area contributed by atoms with Crippen LogP contribution in [0.1, 0.15) is 32.8 Å². The number of rotatable bonds is 8. The normalized spacial score (nSPS) is 11.0. The van der Waals surface area contributed by atoms with Gasteiger partial charge in [0.05, 0.1) is 19.3 Å². The predicted molar refractivity (Wildman–Crippen MR) is 119 cm³/mol. The zero-order chi connectivity index (χ0) is 18.1. The second-order valence-electron chi connectivity index (χ2n) is 6.01. The molecule has 142 valence electrons. The molecule has 0 radical (unpaired) electrons. The minimum absolute atomic E-state index is 0. The van der Waals surface area contributed by atoms with Crippen molar-refractivity contribution in [2.45, 2.75) is 39.8 Å². The number of hydrogen-bond acceptors (Lipinski definition) is 3.